The monoisotopic (exact) mass is 585 g/mol. The van der Waals surface area contributed by atoms with Crippen LogP contribution in [0, 0.1) is 0 Å². The van der Waals surface area contributed by atoms with E-state index in [1.165, 1.54) is 12.1 Å². The highest BCUT2D eigenvalue weighted by Crippen LogP contribution is 2.37. The highest BCUT2D eigenvalue weighted by atomic mass is 35.5. The smallest absolute Gasteiger partial charge is 0.266 e. The lowest BCUT2D eigenvalue weighted by Gasteiger charge is -2.13. The summed E-state index contributed by atoms with van der Waals surface area (Å²) in [6, 6.07) is 20.2. The van der Waals surface area contributed by atoms with Crippen LogP contribution >= 0.6 is 34.8 Å². The maximum Gasteiger partial charge on any atom is 0.285 e. The Morgan fingerprint density at radius 2 is 1.58 bits per heavy atom. The molecule has 1 aliphatic rings. The quantitative estimate of drug-likeness (QED) is 0.250. The number of sulfonamides is 1. The molecular weight excluding hydrogens is 565 g/mol. The molecule has 0 saturated heterocycles. The maximum absolute atomic E-state index is 13.4. The molecule has 0 radical (unpaired) electrons. The van der Waals surface area contributed by atoms with E-state index in [-0.39, 0.29) is 10.6 Å². The van der Waals surface area contributed by atoms with Gasteiger partial charge in [0.25, 0.3) is 15.9 Å². The number of aromatic nitrogens is 2. The molecule has 1 aliphatic carbocycles. The van der Waals surface area contributed by atoms with Crippen LogP contribution in [0.1, 0.15) is 46.6 Å². The van der Waals surface area contributed by atoms with Crippen LogP contribution in [0.2, 0.25) is 15.1 Å². The van der Waals surface area contributed by atoms with Gasteiger partial charge < -0.3 is 0 Å². The van der Waals surface area contributed by atoms with Crippen molar-refractivity contribution >= 4 is 62.4 Å². The molecule has 3 aromatic carbocycles. The van der Waals surface area contributed by atoms with Crippen molar-refractivity contribution in [2.45, 2.75) is 30.6 Å². The highest BCUT2D eigenvalue weighted by molar-refractivity contribution is 7.90. The Balaban J connectivity index is 1.67. The van der Waals surface area contributed by atoms with E-state index < -0.39 is 15.9 Å². The van der Waals surface area contributed by atoms with E-state index in [0.29, 0.717) is 38.4 Å². The normalized spacial score (nSPS) is 14.7. The number of carbonyl (C=O) groups excluding carboxylic acids is 1. The molecule has 0 unspecified atom stereocenters. The highest BCUT2D eigenvalue weighted by Gasteiger charge is 2.30. The Morgan fingerprint density at radius 3 is 2.29 bits per heavy atom. The van der Waals surface area contributed by atoms with Gasteiger partial charge in [0.05, 0.1) is 21.3 Å². The minimum atomic E-state index is -4.10. The fourth-order valence-electron chi connectivity index (χ4n) is 4.49. The number of hydrogen-bond acceptors (Lipinski definition) is 4. The topological polar surface area (TPSA) is 81.1 Å². The summed E-state index contributed by atoms with van der Waals surface area (Å²) in [5.41, 5.74) is 3.82. The number of amides is 1. The van der Waals surface area contributed by atoms with Crippen LogP contribution in [-0.2, 0) is 16.4 Å². The van der Waals surface area contributed by atoms with Gasteiger partial charge in [0, 0.05) is 15.6 Å². The lowest BCUT2D eigenvalue weighted by atomic mass is 10.0. The predicted octanol–water partition coefficient (Wildman–Crippen LogP) is 7.22. The van der Waals surface area contributed by atoms with Gasteiger partial charge in [-0.05, 0) is 85.4 Å². The molecule has 5 rings (SSSR count). The molecule has 1 amide bonds. The van der Waals surface area contributed by atoms with Gasteiger partial charge in [-0.1, -0.05) is 65.1 Å². The molecule has 0 spiro atoms. The molecule has 1 heterocycles. The van der Waals surface area contributed by atoms with E-state index >= 15 is 0 Å². The van der Waals surface area contributed by atoms with Crippen molar-refractivity contribution in [3.63, 3.8) is 0 Å². The lowest BCUT2D eigenvalue weighted by molar-refractivity contribution is 0.0975. The Labute approximate surface area is 235 Å². The summed E-state index contributed by atoms with van der Waals surface area (Å²) in [5, 5.41) is 6.07. The summed E-state index contributed by atoms with van der Waals surface area (Å²) in [6.07, 6.45) is 5.00. The van der Waals surface area contributed by atoms with E-state index in [1.807, 2.05) is 30.3 Å². The van der Waals surface area contributed by atoms with Crippen LogP contribution in [-0.4, -0.2) is 24.1 Å². The van der Waals surface area contributed by atoms with Gasteiger partial charge in [0.1, 0.15) is 0 Å². The Bertz CT molecular complexity index is 1650. The Morgan fingerprint density at radius 1 is 0.895 bits per heavy atom. The molecule has 4 aromatic rings. The second-order valence-corrected chi connectivity index (χ2v) is 11.8. The third-order valence-electron chi connectivity index (χ3n) is 6.26. The maximum atomic E-state index is 13.4. The van der Waals surface area contributed by atoms with Crippen molar-refractivity contribution in [1.29, 1.82) is 0 Å². The molecule has 194 valence electrons. The first-order chi connectivity index (χ1) is 18.2. The van der Waals surface area contributed by atoms with Gasteiger partial charge in [-0.2, -0.15) is 5.10 Å². The number of benzene rings is 3. The third kappa shape index (κ3) is 5.52. The van der Waals surface area contributed by atoms with Gasteiger partial charge >= 0.3 is 0 Å². The van der Waals surface area contributed by atoms with Crippen molar-refractivity contribution in [3.05, 3.63) is 110 Å². The van der Waals surface area contributed by atoms with Crippen molar-refractivity contribution in [3.8, 4) is 5.69 Å². The van der Waals surface area contributed by atoms with Gasteiger partial charge in [0.2, 0.25) is 0 Å². The molecule has 0 bridgehead atoms. The minimum Gasteiger partial charge on any atom is -0.266 e. The summed E-state index contributed by atoms with van der Waals surface area (Å²) < 4.78 is 29.7. The Kier molecular flexibility index (Phi) is 7.63. The van der Waals surface area contributed by atoms with Crippen LogP contribution in [0.5, 0.6) is 0 Å². The van der Waals surface area contributed by atoms with Crippen molar-refractivity contribution in [1.82, 2.24) is 14.5 Å². The van der Waals surface area contributed by atoms with Crippen LogP contribution in [0.3, 0.4) is 0 Å². The predicted molar refractivity (Wildman–Crippen MR) is 152 cm³/mol. The number of hydrogen-bond donors (Lipinski definition) is 1. The number of nitrogens with zero attached hydrogens (tertiary/aromatic N) is 2. The van der Waals surface area contributed by atoms with E-state index in [2.05, 4.69) is 9.82 Å². The summed E-state index contributed by atoms with van der Waals surface area (Å²) in [7, 11) is -4.10. The first-order valence-corrected chi connectivity index (χ1v) is 14.5. The molecule has 1 aromatic heterocycles. The zero-order valence-electron chi connectivity index (χ0n) is 20.0. The molecule has 0 saturated carbocycles. The molecular formula is C28H22Cl3N3O3S. The summed E-state index contributed by atoms with van der Waals surface area (Å²) in [4.78, 5) is 13.4. The molecule has 38 heavy (non-hydrogen) atoms. The number of fused-ring (bicyclic) bond motifs is 1. The summed E-state index contributed by atoms with van der Waals surface area (Å²) in [6.45, 7) is 0. The molecule has 0 fully saturated rings. The van der Waals surface area contributed by atoms with Crippen molar-refractivity contribution in [2.75, 3.05) is 0 Å². The SMILES string of the molecule is O=C(NS(=O)(=O)c1ccccc1)c1nn(-c2ccc(Cl)cc2Cl)c2c1CCCC/C2=C\c1ccc(Cl)cc1. The second kappa shape index (κ2) is 10.9. The first-order valence-electron chi connectivity index (χ1n) is 11.9. The lowest BCUT2D eigenvalue weighted by Crippen LogP contribution is -2.31. The van der Waals surface area contributed by atoms with Gasteiger partial charge in [-0.3, -0.25) is 4.79 Å². The number of rotatable bonds is 5. The third-order valence-corrected chi connectivity index (χ3v) is 8.39. The number of halogens is 3. The molecule has 0 aliphatic heterocycles. The largest absolute Gasteiger partial charge is 0.285 e. The van der Waals surface area contributed by atoms with Crippen LogP contribution in [0.25, 0.3) is 17.3 Å². The minimum absolute atomic E-state index is 0.0112. The summed E-state index contributed by atoms with van der Waals surface area (Å²) in [5.74, 6) is -0.804. The van der Waals surface area contributed by atoms with E-state index in [0.717, 1.165) is 30.4 Å². The molecule has 6 nitrogen and oxygen atoms in total. The van der Waals surface area contributed by atoms with E-state index in [4.69, 9.17) is 34.8 Å². The van der Waals surface area contributed by atoms with Crippen LogP contribution in [0.4, 0.5) is 0 Å². The first kappa shape index (κ1) is 26.5. The van der Waals surface area contributed by atoms with Crippen LogP contribution in [0.15, 0.2) is 77.7 Å². The average Bonchev–Trinajstić information content (AvgIpc) is 3.14. The van der Waals surface area contributed by atoms with Gasteiger partial charge in [0.15, 0.2) is 5.69 Å². The molecule has 0 atom stereocenters. The number of carbonyl (C=O) groups is 1. The number of allylic oxidation sites excluding steroid dienone is 1. The fraction of sp³-hybridized carbons (Fsp3) is 0.143. The summed E-state index contributed by atoms with van der Waals surface area (Å²) >= 11 is 18.8. The van der Waals surface area contributed by atoms with Crippen molar-refractivity contribution in [2.24, 2.45) is 0 Å². The van der Waals surface area contributed by atoms with E-state index in [1.54, 1.807) is 41.1 Å². The average molecular weight is 587 g/mol. The van der Waals surface area contributed by atoms with Crippen molar-refractivity contribution < 1.29 is 13.2 Å². The number of nitrogens with one attached hydrogen (secondary N) is 1. The zero-order valence-corrected chi connectivity index (χ0v) is 23.1. The van der Waals surface area contributed by atoms with Crippen LogP contribution < -0.4 is 4.72 Å². The Hall–Kier alpha value is -3.10. The molecule has 10 heteroatoms. The zero-order chi connectivity index (χ0) is 26.9. The van der Waals surface area contributed by atoms with Gasteiger partial charge in [-0.25, -0.2) is 17.8 Å². The molecule has 1 N–H and O–H groups in total. The van der Waals surface area contributed by atoms with E-state index in [9.17, 15) is 13.2 Å². The standard InChI is InChI=1S/C28H22Cl3N3O3S/c29-20-12-10-18(11-13-20)16-19-6-4-5-9-23-26(28(35)33-38(36,37)22-7-2-1-3-8-22)32-34(27(19)23)25-15-14-21(30)17-24(25)31/h1-3,7-8,10-17H,4-6,9H2,(H,33,35)/b19-16+. The second-order valence-electron chi connectivity index (χ2n) is 8.86. The fourth-order valence-corrected chi connectivity index (χ4v) is 6.08. The van der Waals surface area contributed by atoms with Gasteiger partial charge in [-0.15, -0.1) is 0 Å².